The average molecular weight is 393 g/mol. The Morgan fingerprint density at radius 1 is 1.14 bits per heavy atom. The first-order chi connectivity index (χ1) is 14.1. The first-order valence-electron chi connectivity index (χ1n) is 10.2. The molecule has 2 aliphatic heterocycles. The van der Waals surface area contributed by atoms with Crippen LogP contribution in [0.4, 0.5) is 11.5 Å². The lowest BCUT2D eigenvalue weighted by Gasteiger charge is -2.35. The summed E-state index contributed by atoms with van der Waals surface area (Å²) in [5, 5.41) is 5.99. The molecule has 0 unspecified atom stereocenters. The summed E-state index contributed by atoms with van der Waals surface area (Å²) in [5.41, 5.74) is 2.27. The fourth-order valence-electron chi connectivity index (χ4n) is 4.03. The molecule has 0 spiro atoms. The second-order valence-electron chi connectivity index (χ2n) is 7.72. The van der Waals surface area contributed by atoms with Gasteiger partial charge in [-0.3, -0.25) is 14.5 Å². The van der Waals surface area contributed by atoms with Gasteiger partial charge in [-0.25, -0.2) is 4.98 Å². The molecule has 1 aromatic carbocycles. The summed E-state index contributed by atoms with van der Waals surface area (Å²) in [5.74, 6) is 0.544. The molecule has 7 heteroatoms. The highest BCUT2D eigenvalue weighted by Gasteiger charge is 2.30. The molecule has 0 bridgehead atoms. The van der Waals surface area contributed by atoms with E-state index < -0.39 is 0 Å². The highest BCUT2D eigenvalue weighted by Crippen LogP contribution is 2.30. The summed E-state index contributed by atoms with van der Waals surface area (Å²) in [6.07, 6.45) is 6.23. The highest BCUT2D eigenvalue weighted by atomic mass is 16.2. The van der Waals surface area contributed by atoms with Gasteiger partial charge in [0, 0.05) is 18.9 Å². The lowest BCUT2D eigenvalue weighted by Crippen LogP contribution is -2.45. The number of carbonyl (C=O) groups excluding carboxylic acids is 2. The van der Waals surface area contributed by atoms with Crippen molar-refractivity contribution in [3.63, 3.8) is 0 Å². The predicted molar refractivity (Wildman–Crippen MR) is 113 cm³/mol. The molecule has 29 heavy (non-hydrogen) atoms. The van der Waals surface area contributed by atoms with E-state index in [0.29, 0.717) is 17.9 Å². The molecular formula is C22H27N5O2. The van der Waals surface area contributed by atoms with E-state index in [2.05, 4.69) is 20.5 Å². The molecule has 1 aromatic heterocycles. The van der Waals surface area contributed by atoms with Gasteiger partial charge in [-0.1, -0.05) is 25.0 Å². The number of benzene rings is 1. The zero-order valence-corrected chi connectivity index (χ0v) is 16.7. The number of nitrogens with zero attached hydrogens (tertiary/aromatic N) is 3. The van der Waals surface area contributed by atoms with Gasteiger partial charge < -0.3 is 15.5 Å². The van der Waals surface area contributed by atoms with Gasteiger partial charge in [0.05, 0.1) is 12.1 Å². The molecule has 1 fully saturated rings. The largest absolute Gasteiger partial charge is 0.335 e. The van der Waals surface area contributed by atoms with E-state index in [-0.39, 0.29) is 18.0 Å². The molecule has 0 radical (unpaired) electrons. The SMILES string of the molecule is CN1c2ncccc2C(=O)N[C@H]1c1ccc(NC(=O)CN2CCCCCC2)cc1. The summed E-state index contributed by atoms with van der Waals surface area (Å²) in [6, 6.07) is 11.1. The number of carbonyl (C=O) groups is 2. The van der Waals surface area contributed by atoms with E-state index in [0.717, 1.165) is 24.3 Å². The third-order valence-corrected chi connectivity index (χ3v) is 5.60. The monoisotopic (exact) mass is 393 g/mol. The van der Waals surface area contributed by atoms with Crippen LogP contribution < -0.4 is 15.5 Å². The second-order valence-corrected chi connectivity index (χ2v) is 7.72. The van der Waals surface area contributed by atoms with Gasteiger partial charge in [0.15, 0.2) is 0 Å². The Hall–Kier alpha value is -2.93. The van der Waals surface area contributed by atoms with Crippen molar-refractivity contribution in [2.24, 2.45) is 0 Å². The first-order valence-corrected chi connectivity index (χ1v) is 10.2. The molecule has 0 aliphatic carbocycles. The topological polar surface area (TPSA) is 77.6 Å². The van der Waals surface area contributed by atoms with Crippen LogP contribution in [0.25, 0.3) is 0 Å². The van der Waals surface area contributed by atoms with Gasteiger partial charge in [0.2, 0.25) is 5.91 Å². The van der Waals surface area contributed by atoms with Gasteiger partial charge in [0.1, 0.15) is 12.0 Å². The smallest absolute Gasteiger partial charge is 0.256 e. The van der Waals surface area contributed by atoms with Crippen LogP contribution in [0.2, 0.25) is 0 Å². The van der Waals surface area contributed by atoms with Crippen LogP contribution in [0, 0.1) is 0 Å². The van der Waals surface area contributed by atoms with Crippen molar-refractivity contribution < 1.29 is 9.59 Å². The number of anilines is 2. The van der Waals surface area contributed by atoms with Crippen LogP contribution in [0.5, 0.6) is 0 Å². The first kappa shape index (κ1) is 19.4. The zero-order chi connectivity index (χ0) is 20.2. The quantitative estimate of drug-likeness (QED) is 0.835. The maximum atomic E-state index is 12.4. The van der Waals surface area contributed by atoms with Crippen molar-refractivity contribution in [3.8, 4) is 0 Å². The Morgan fingerprint density at radius 3 is 2.59 bits per heavy atom. The van der Waals surface area contributed by atoms with Crippen LogP contribution in [0.15, 0.2) is 42.6 Å². The molecular weight excluding hydrogens is 366 g/mol. The Kier molecular flexibility index (Phi) is 5.76. The van der Waals surface area contributed by atoms with Crippen molar-refractivity contribution in [2.45, 2.75) is 31.8 Å². The van der Waals surface area contributed by atoms with Gasteiger partial charge in [-0.2, -0.15) is 0 Å². The fraction of sp³-hybridized carbons (Fsp3) is 0.409. The number of amides is 2. The number of fused-ring (bicyclic) bond motifs is 1. The lowest BCUT2D eigenvalue weighted by molar-refractivity contribution is -0.117. The minimum absolute atomic E-state index is 0.0147. The third-order valence-electron chi connectivity index (χ3n) is 5.60. The molecule has 1 atom stereocenters. The Labute approximate surface area is 171 Å². The van der Waals surface area contributed by atoms with Gasteiger partial charge in [-0.05, 0) is 55.8 Å². The standard InChI is InChI=1S/C22H27N5O2/c1-26-20(25-22(29)18-7-6-12-23-21(18)26)16-8-10-17(11-9-16)24-19(28)15-27-13-4-2-3-5-14-27/h6-12,20H,2-5,13-15H2,1H3,(H,24,28)(H,25,29)/t20-/m1/s1. The van der Waals surface area contributed by atoms with Gasteiger partial charge in [-0.15, -0.1) is 0 Å². The fourth-order valence-corrected chi connectivity index (χ4v) is 4.03. The van der Waals surface area contributed by atoms with E-state index in [1.54, 1.807) is 18.3 Å². The normalized spacial score (nSPS) is 19.8. The Morgan fingerprint density at radius 2 is 1.86 bits per heavy atom. The number of nitrogens with one attached hydrogen (secondary N) is 2. The number of hydrogen-bond acceptors (Lipinski definition) is 5. The van der Waals surface area contributed by atoms with E-state index >= 15 is 0 Å². The zero-order valence-electron chi connectivity index (χ0n) is 16.7. The van der Waals surface area contributed by atoms with E-state index in [9.17, 15) is 9.59 Å². The molecule has 7 nitrogen and oxygen atoms in total. The molecule has 0 saturated carbocycles. The molecule has 3 heterocycles. The number of hydrogen-bond donors (Lipinski definition) is 2. The van der Waals surface area contributed by atoms with Crippen LogP contribution in [0.3, 0.4) is 0 Å². The van der Waals surface area contributed by atoms with Crippen molar-refractivity contribution >= 4 is 23.3 Å². The molecule has 2 amide bonds. The van der Waals surface area contributed by atoms with Crippen LogP contribution >= 0.6 is 0 Å². The number of rotatable bonds is 4. The number of aromatic nitrogens is 1. The summed E-state index contributed by atoms with van der Waals surface area (Å²) in [6.45, 7) is 2.43. The highest BCUT2D eigenvalue weighted by molar-refractivity contribution is 6.01. The minimum atomic E-state index is -0.299. The third kappa shape index (κ3) is 4.40. The van der Waals surface area contributed by atoms with E-state index in [1.165, 1.54) is 25.7 Å². The van der Waals surface area contributed by atoms with Crippen molar-refractivity contribution in [3.05, 3.63) is 53.7 Å². The summed E-state index contributed by atoms with van der Waals surface area (Å²) < 4.78 is 0. The molecule has 1 saturated heterocycles. The number of pyridine rings is 1. The number of likely N-dealkylation sites (tertiary alicyclic amines) is 1. The molecule has 2 N–H and O–H groups in total. The van der Waals surface area contributed by atoms with Crippen LogP contribution in [-0.2, 0) is 4.79 Å². The average Bonchev–Trinajstić information content (AvgIpc) is 3.00. The van der Waals surface area contributed by atoms with Crippen molar-refractivity contribution in [1.82, 2.24) is 15.2 Å². The summed E-state index contributed by atoms with van der Waals surface area (Å²) in [7, 11) is 1.91. The Balaban J connectivity index is 1.40. The van der Waals surface area contributed by atoms with Gasteiger partial charge >= 0.3 is 0 Å². The maximum absolute atomic E-state index is 12.4. The summed E-state index contributed by atoms with van der Waals surface area (Å²) in [4.78, 5) is 33.3. The summed E-state index contributed by atoms with van der Waals surface area (Å²) >= 11 is 0. The molecule has 152 valence electrons. The molecule has 4 rings (SSSR count). The maximum Gasteiger partial charge on any atom is 0.256 e. The second kappa shape index (κ2) is 8.61. The minimum Gasteiger partial charge on any atom is -0.335 e. The van der Waals surface area contributed by atoms with Crippen molar-refractivity contribution in [1.29, 1.82) is 0 Å². The van der Waals surface area contributed by atoms with Gasteiger partial charge in [0.25, 0.3) is 5.91 Å². The van der Waals surface area contributed by atoms with Crippen molar-refractivity contribution in [2.75, 3.05) is 36.9 Å². The van der Waals surface area contributed by atoms with E-state index in [1.807, 2.05) is 36.2 Å². The van der Waals surface area contributed by atoms with Crippen LogP contribution in [0.1, 0.15) is 47.8 Å². The molecule has 2 aromatic rings. The predicted octanol–water partition coefficient (Wildman–Crippen LogP) is 2.77. The lowest BCUT2D eigenvalue weighted by atomic mass is 10.1. The van der Waals surface area contributed by atoms with Crippen LogP contribution in [-0.4, -0.2) is 48.4 Å². The Bertz CT molecular complexity index is 875. The van der Waals surface area contributed by atoms with E-state index in [4.69, 9.17) is 0 Å². The molecule has 2 aliphatic rings.